The predicted octanol–water partition coefficient (Wildman–Crippen LogP) is 0.296. The number of nitrogens with one attached hydrogen (secondary N) is 2. The third-order valence-corrected chi connectivity index (χ3v) is 3.22. The van der Waals surface area contributed by atoms with Crippen molar-refractivity contribution in [2.24, 2.45) is 0 Å². The van der Waals surface area contributed by atoms with Gasteiger partial charge in [-0.3, -0.25) is 0 Å². The molecule has 1 aliphatic heterocycles. The van der Waals surface area contributed by atoms with Crippen molar-refractivity contribution in [1.29, 1.82) is 0 Å². The van der Waals surface area contributed by atoms with Gasteiger partial charge < -0.3 is 20.3 Å². The zero-order valence-electron chi connectivity index (χ0n) is 10.8. The van der Waals surface area contributed by atoms with Crippen molar-refractivity contribution in [2.75, 3.05) is 53.0 Å². The van der Waals surface area contributed by atoms with Gasteiger partial charge in [0.05, 0.1) is 13.2 Å². The number of hydrogen-bond acceptors (Lipinski definition) is 4. The molecule has 0 unspecified atom stereocenters. The van der Waals surface area contributed by atoms with Gasteiger partial charge in [-0.05, 0) is 39.5 Å². The summed E-state index contributed by atoms with van der Waals surface area (Å²) in [6.07, 6.45) is 2.54. The van der Waals surface area contributed by atoms with Gasteiger partial charge in [0.1, 0.15) is 0 Å². The highest BCUT2D eigenvalue weighted by molar-refractivity contribution is 4.75. The molecule has 0 aromatic heterocycles. The van der Waals surface area contributed by atoms with Crippen molar-refractivity contribution in [2.45, 2.75) is 25.8 Å². The molecule has 0 spiro atoms. The second kappa shape index (κ2) is 8.93. The monoisotopic (exact) mass is 229 g/mol. The summed E-state index contributed by atoms with van der Waals surface area (Å²) >= 11 is 0. The van der Waals surface area contributed by atoms with E-state index in [1.807, 2.05) is 0 Å². The maximum atomic E-state index is 5.57. The number of likely N-dealkylation sites (N-methyl/N-ethyl adjacent to an activating group) is 1. The molecule has 0 radical (unpaired) electrons. The van der Waals surface area contributed by atoms with Crippen molar-refractivity contribution in [1.82, 2.24) is 15.5 Å². The van der Waals surface area contributed by atoms with Crippen LogP contribution in [-0.2, 0) is 4.74 Å². The van der Waals surface area contributed by atoms with Crippen LogP contribution in [0.3, 0.4) is 0 Å². The molecular formula is C12H27N3O. The number of ether oxygens (including phenoxy) is 1. The average Bonchev–Trinajstić information content (AvgIpc) is 2.34. The highest BCUT2D eigenvalue weighted by atomic mass is 16.5. The van der Waals surface area contributed by atoms with Crippen molar-refractivity contribution < 1.29 is 4.74 Å². The zero-order valence-corrected chi connectivity index (χ0v) is 10.8. The molecule has 1 heterocycles. The number of piperidine rings is 1. The maximum absolute atomic E-state index is 5.57. The summed E-state index contributed by atoms with van der Waals surface area (Å²) in [7, 11) is 2.06. The molecule has 96 valence electrons. The van der Waals surface area contributed by atoms with Gasteiger partial charge in [0, 0.05) is 19.1 Å². The van der Waals surface area contributed by atoms with E-state index >= 15 is 0 Å². The summed E-state index contributed by atoms with van der Waals surface area (Å²) in [6.45, 7) is 9.33. The fourth-order valence-corrected chi connectivity index (χ4v) is 2.06. The zero-order chi connectivity index (χ0) is 11.6. The van der Waals surface area contributed by atoms with Gasteiger partial charge in [0.15, 0.2) is 0 Å². The molecule has 1 fully saturated rings. The first-order valence-electron chi connectivity index (χ1n) is 6.55. The van der Waals surface area contributed by atoms with Crippen LogP contribution in [0.1, 0.15) is 19.8 Å². The Morgan fingerprint density at radius 1 is 1.25 bits per heavy atom. The third-order valence-electron chi connectivity index (χ3n) is 3.22. The smallest absolute Gasteiger partial charge is 0.0594 e. The lowest BCUT2D eigenvalue weighted by atomic mass is 10.1. The van der Waals surface area contributed by atoms with Gasteiger partial charge >= 0.3 is 0 Å². The lowest BCUT2D eigenvalue weighted by molar-refractivity contribution is 0.0939. The van der Waals surface area contributed by atoms with Gasteiger partial charge in [0.2, 0.25) is 0 Å². The number of nitrogens with zero attached hydrogens (tertiary/aromatic N) is 1. The Morgan fingerprint density at radius 3 is 2.62 bits per heavy atom. The third kappa shape index (κ3) is 5.80. The second-order valence-corrected chi connectivity index (χ2v) is 4.37. The largest absolute Gasteiger partial charge is 0.379 e. The minimum absolute atomic E-state index is 0.728. The Morgan fingerprint density at radius 2 is 2.00 bits per heavy atom. The molecule has 0 aliphatic carbocycles. The van der Waals surface area contributed by atoms with Crippen LogP contribution in [0, 0.1) is 0 Å². The van der Waals surface area contributed by atoms with Crippen molar-refractivity contribution in [3.63, 3.8) is 0 Å². The molecule has 0 amide bonds. The van der Waals surface area contributed by atoms with E-state index in [4.69, 9.17) is 4.74 Å². The molecule has 4 heteroatoms. The van der Waals surface area contributed by atoms with Crippen LogP contribution in [0.2, 0.25) is 0 Å². The van der Waals surface area contributed by atoms with Gasteiger partial charge in [-0.2, -0.15) is 0 Å². The first kappa shape index (κ1) is 13.9. The normalized spacial score (nSPS) is 19.1. The highest BCUT2D eigenvalue weighted by Crippen LogP contribution is 2.08. The molecular weight excluding hydrogens is 202 g/mol. The van der Waals surface area contributed by atoms with E-state index in [-0.39, 0.29) is 0 Å². The summed E-state index contributed by atoms with van der Waals surface area (Å²) in [5.41, 5.74) is 0. The maximum Gasteiger partial charge on any atom is 0.0594 e. The Kier molecular flexibility index (Phi) is 7.76. The van der Waals surface area contributed by atoms with E-state index in [2.05, 4.69) is 29.5 Å². The van der Waals surface area contributed by atoms with Crippen LogP contribution in [0.15, 0.2) is 0 Å². The molecule has 16 heavy (non-hydrogen) atoms. The van der Waals surface area contributed by atoms with E-state index < -0.39 is 0 Å². The molecule has 4 nitrogen and oxygen atoms in total. The minimum atomic E-state index is 0.728. The lowest BCUT2D eigenvalue weighted by Gasteiger charge is -2.31. The molecule has 0 aromatic carbocycles. The van der Waals surface area contributed by atoms with Crippen molar-refractivity contribution in [3.05, 3.63) is 0 Å². The van der Waals surface area contributed by atoms with Crippen LogP contribution < -0.4 is 10.6 Å². The van der Waals surface area contributed by atoms with Crippen LogP contribution in [0.25, 0.3) is 0 Å². The van der Waals surface area contributed by atoms with E-state index in [0.717, 1.165) is 38.9 Å². The SMILES string of the molecule is CCNCCOCCN1CCC(NC)CC1. The first-order chi connectivity index (χ1) is 7.86. The van der Waals surface area contributed by atoms with Gasteiger partial charge in [-0.25, -0.2) is 0 Å². The molecule has 1 aliphatic rings. The fraction of sp³-hybridized carbons (Fsp3) is 1.00. The van der Waals surface area contributed by atoms with Crippen molar-refractivity contribution >= 4 is 0 Å². The molecule has 1 rings (SSSR count). The van der Waals surface area contributed by atoms with E-state index in [1.165, 1.54) is 25.9 Å². The Balaban J connectivity index is 1.90. The Hall–Kier alpha value is -0.160. The molecule has 0 aromatic rings. The standard InChI is InChI=1S/C12H27N3O/c1-3-14-6-10-16-11-9-15-7-4-12(13-2)5-8-15/h12-14H,3-11H2,1-2H3. The lowest BCUT2D eigenvalue weighted by Crippen LogP contribution is -2.42. The van der Waals surface area contributed by atoms with Crippen LogP contribution >= 0.6 is 0 Å². The number of likely N-dealkylation sites (tertiary alicyclic amines) is 1. The summed E-state index contributed by atoms with van der Waals surface area (Å²) in [6, 6.07) is 0.728. The molecule has 0 saturated carbocycles. The molecule has 1 saturated heterocycles. The number of hydrogen-bond donors (Lipinski definition) is 2. The summed E-state index contributed by atoms with van der Waals surface area (Å²) in [5, 5.41) is 6.60. The molecule has 0 bridgehead atoms. The van der Waals surface area contributed by atoms with E-state index in [9.17, 15) is 0 Å². The molecule has 2 N–H and O–H groups in total. The summed E-state index contributed by atoms with van der Waals surface area (Å²) in [4.78, 5) is 2.50. The van der Waals surface area contributed by atoms with Gasteiger partial charge in [-0.15, -0.1) is 0 Å². The van der Waals surface area contributed by atoms with Crippen LogP contribution in [-0.4, -0.2) is 63.9 Å². The minimum Gasteiger partial charge on any atom is -0.379 e. The van der Waals surface area contributed by atoms with Crippen LogP contribution in [0.4, 0.5) is 0 Å². The van der Waals surface area contributed by atoms with Crippen LogP contribution in [0.5, 0.6) is 0 Å². The quantitative estimate of drug-likeness (QED) is 0.587. The number of rotatable bonds is 8. The first-order valence-corrected chi connectivity index (χ1v) is 6.55. The predicted molar refractivity (Wildman–Crippen MR) is 67.9 cm³/mol. The molecule has 0 atom stereocenters. The second-order valence-electron chi connectivity index (χ2n) is 4.37. The average molecular weight is 229 g/mol. The van der Waals surface area contributed by atoms with Crippen molar-refractivity contribution in [3.8, 4) is 0 Å². The topological polar surface area (TPSA) is 36.5 Å². The van der Waals surface area contributed by atoms with Gasteiger partial charge in [0.25, 0.3) is 0 Å². The van der Waals surface area contributed by atoms with E-state index in [0.29, 0.717) is 0 Å². The van der Waals surface area contributed by atoms with E-state index in [1.54, 1.807) is 0 Å². The Bertz CT molecular complexity index is 158. The highest BCUT2D eigenvalue weighted by Gasteiger charge is 2.16. The summed E-state index contributed by atoms with van der Waals surface area (Å²) in [5.74, 6) is 0. The Labute approximate surface area is 99.7 Å². The van der Waals surface area contributed by atoms with Gasteiger partial charge in [-0.1, -0.05) is 6.92 Å². The fourth-order valence-electron chi connectivity index (χ4n) is 2.06. The summed E-state index contributed by atoms with van der Waals surface area (Å²) < 4.78 is 5.57.